The molecule has 1 amide bonds. The molecule has 2 aromatic heterocycles. The fourth-order valence-corrected chi connectivity index (χ4v) is 4.23. The molecule has 0 aliphatic rings. The molecule has 0 radical (unpaired) electrons. The zero-order chi connectivity index (χ0) is 19.4. The van der Waals surface area contributed by atoms with E-state index in [9.17, 15) is 19.7 Å². The quantitative estimate of drug-likeness (QED) is 0.356. The number of non-ortho nitro benzene ring substituents is 1. The van der Waals surface area contributed by atoms with Crippen LogP contribution in [0.1, 0.15) is 11.8 Å². The van der Waals surface area contributed by atoms with E-state index < -0.39 is 10.9 Å². The van der Waals surface area contributed by atoms with Gasteiger partial charge >= 0.3 is 5.97 Å². The topological polar surface area (TPSA) is 104 Å². The van der Waals surface area contributed by atoms with Gasteiger partial charge < -0.3 is 9.30 Å². The summed E-state index contributed by atoms with van der Waals surface area (Å²) in [6.45, 7) is 1.81. The third kappa shape index (κ3) is 4.47. The molecule has 2 heterocycles. The van der Waals surface area contributed by atoms with E-state index in [0.29, 0.717) is 15.0 Å². The molecule has 0 bridgehead atoms. The lowest BCUT2D eigenvalue weighted by molar-refractivity contribution is -0.384. The van der Waals surface area contributed by atoms with Crippen LogP contribution < -0.4 is 4.80 Å². The van der Waals surface area contributed by atoms with Crippen molar-refractivity contribution in [1.29, 1.82) is 0 Å². The van der Waals surface area contributed by atoms with Crippen molar-refractivity contribution in [2.45, 2.75) is 19.9 Å². The van der Waals surface area contributed by atoms with Gasteiger partial charge in [-0.2, -0.15) is 4.99 Å². The highest BCUT2D eigenvalue weighted by atomic mass is 32.1. The number of nitrogens with zero attached hydrogens (tertiary/aromatic N) is 3. The number of fused-ring (bicyclic) bond motifs is 1. The van der Waals surface area contributed by atoms with Gasteiger partial charge in [0.15, 0.2) is 4.80 Å². The maximum Gasteiger partial charge on any atom is 0.326 e. The van der Waals surface area contributed by atoms with Crippen molar-refractivity contribution in [3.8, 4) is 0 Å². The zero-order valence-electron chi connectivity index (χ0n) is 14.3. The number of aromatic nitrogens is 1. The highest BCUT2D eigenvalue weighted by Crippen LogP contribution is 2.23. The molecule has 140 valence electrons. The van der Waals surface area contributed by atoms with Crippen LogP contribution in [0.3, 0.4) is 0 Å². The van der Waals surface area contributed by atoms with Crippen LogP contribution in [0, 0.1) is 10.1 Å². The Bertz CT molecular complexity index is 1070. The molecule has 3 aromatic rings. The minimum atomic E-state index is -0.492. The van der Waals surface area contributed by atoms with Crippen molar-refractivity contribution in [2.75, 3.05) is 6.61 Å². The number of nitro groups is 1. The Morgan fingerprint density at radius 1 is 1.33 bits per heavy atom. The molecule has 1 aromatic carbocycles. The van der Waals surface area contributed by atoms with Crippen LogP contribution in [-0.2, 0) is 27.3 Å². The average molecular weight is 405 g/mol. The number of ether oxygens (including phenoxy) is 1. The number of thiazole rings is 1. The predicted molar refractivity (Wildman–Crippen MR) is 102 cm³/mol. The van der Waals surface area contributed by atoms with E-state index in [2.05, 4.69) is 4.99 Å². The maximum absolute atomic E-state index is 12.3. The number of carbonyl (C=O) groups is 2. The van der Waals surface area contributed by atoms with E-state index in [4.69, 9.17) is 4.74 Å². The fraction of sp³-hybridized carbons (Fsp3) is 0.235. The molecule has 0 aliphatic heterocycles. The van der Waals surface area contributed by atoms with Gasteiger partial charge in [-0.05, 0) is 24.4 Å². The van der Waals surface area contributed by atoms with Crippen LogP contribution >= 0.6 is 22.7 Å². The number of rotatable bonds is 6. The molecule has 0 saturated carbocycles. The SMILES string of the molecule is CCOC(=O)Cn1c(=NC(=O)Cc2cccs2)sc2cc([N+](=O)[O-])ccc21. The number of thiophene rings is 1. The molecule has 0 atom stereocenters. The van der Waals surface area contributed by atoms with Gasteiger partial charge in [-0.25, -0.2) is 0 Å². The molecule has 0 unspecified atom stereocenters. The van der Waals surface area contributed by atoms with Crippen LogP contribution in [-0.4, -0.2) is 28.0 Å². The second-order valence-corrected chi connectivity index (χ2v) is 7.49. The van der Waals surface area contributed by atoms with Gasteiger partial charge in [0, 0.05) is 17.0 Å². The molecule has 8 nitrogen and oxygen atoms in total. The molecular weight excluding hydrogens is 390 g/mol. The van der Waals surface area contributed by atoms with E-state index >= 15 is 0 Å². The van der Waals surface area contributed by atoms with Gasteiger partial charge in [0.2, 0.25) is 0 Å². The summed E-state index contributed by atoms with van der Waals surface area (Å²) in [6, 6.07) is 8.01. The zero-order valence-corrected chi connectivity index (χ0v) is 15.9. The highest BCUT2D eigenvalue weighted by molar-refractivity contribution is 7.16. The van der Waals surface area contributed by atoms with Crippen molar-refractivity contribution in [3.63, 3.8) is 0 Å². The smallest absolute Gasteiger partial charge is 0.326 e. The number of benzene rings is 1. The van der Waals surface area contributed by atoms with Gasteiger partial charge in [0.05, 0.1) is 28.2 Å². The Labute approximate surface area is 161 Å². The maximum atomic E-state index is 12.3. The molecule has 0 N–H and O–H groups in total. The highest BCUT2D eigenvalue weighted by Gasteiger charge is 2.15. The summed E-state index contributed by atoms with van der Waals surface area (Å²) in [5.41, 5.74) is 0.518. The normalized spacial score (nSPS) is 11.7. The first-order valence-electron chi connectivity index (χ1n) is 8.01. The Balaban J connectivity index is 2.05. The number of nitro benzene ring substituents is 1. The molecule has 27 heavy (non-hydrogen) atoms. The third-order valence-electron chi connectivity index (χ3n) is 3.60. The molecule has 0 fully saturated rings. The first-order chi connectivity index (χ1) is 13.0. The number of esters is 1. The molecule has 3 rings (SSSR count). The number of hydrogen-bond donors (Lipinski definition) is 0. The van der Waals surface area contributed by atoms with Gasteiger partial charge in [-0.1, -0.05) is 17.4 Å². The molecule has 0 saturated heterocycles. The minimum absolute atomic E-state index is 0.0662. The molecule has 0 aliphatic carbocycles. The summed E-state index contributed by atoms with van der Waals surface area (Å²) in [7, 11) is 0. The summed E-state index contributed by atoms with van der Waals surface area (Å²) in [4.78, 5) is 40.1. The van der Waals surface area contributed by atoms with E-state index in [0.717, 1.165) is 16.2 Å². The summed E-state index contributed by atoms with van der Waals surface area (Å²) in [5.74, 6) is -0.821. The average Bonchev–Trinajstić information content (AvgIpc) is 3.23. The lowest BCUT2D eigenvalue weighted by Crippen LogP contribution is -2.23. The minimum Gasteiger partial charge on any atom is -0.465 e. The fourth-order valence-electron chi connectivity index (χ4n) is 2.46. The van der Waals surface area contributed by atoms with Gasteiger partial charge in [0.1, 0.15) is 6.54 Å². The second kappa shape index (κ2) is 8.23. The van der Waals surface area contributed by atoms with Gasteiger partial charge in [-0.3, -0.25) is 19.7 Å². The Kier molecular flexibility index (Phi) is 5.77. The van der Waals surface area contributed by atoms with E-state index in [-0.39, 0.29) is 31.2 Å². The lowest BCUT2D eigenvalue weighted by atomic mass is 10.3. The van der Waals surface area contributed by atoms with Crippen LogP contribution in [0.5, 0.6) is 0 Å². The van der Waals surface area contributed by atoms with Crippen LogP contribution in [0.15, 0.2) is 40.7 Å². The van der Waals surface area contributed by atoms with E-state index in [1.165, 1.54) is 23.5 Å². The van der Waals surface area contributed by atoms with Crippen molar-refractivity contribution in [1.82, 2.24) is 4.57 Å². The first kappa shape index (κ1) is 18.9. The van der Waals surface area contributed by atoms with E-state index in [1.54, 1.807) is 17.6 Å². The number of hydrogen-bond acceptors (Lipinski definition) is 7. The summed E-state index contributed by atoms with van der Waals surface area (Å²) in [5, 5.41) is 12.9. The van der Waals surface area contributed by atoms with Crippen LogP contribution in [0.25, 0.3) is 10.2 Å². The summed E-state index contributed by atoms with van der Waals surface area (Å²) in [6.07, 6.45) is 0.158. The Morgan fingerprint density at radius 2 is 2.15 bits per heavy atom. The first-order valence-corrected chi connectivity index (χ1v) is 9.71. The van der Waals surface area contributed by atoms with Crippen LogP contribution in [0.4, 0.5) is 5.69 Å². The standard InChI is InChI=1S/C17H15N3O5S2/c1-2-25-16(22)10-19-13-6-5-11(20(23)24)8-14(13)27-17(19)18-15(21)9-12-4-3-7-26-12/h3-8H,2,9-10H2,1H3. The predicted octanol–water partition coefficient (Wildman–Crippen LogP) is 2.91. The molecular formula is C17H15N3O5S2. The number of carbonyl (C=O) groups excluding carboxylic acids is 2. The Morgan fingerprint density at radius 3 is 2.81 bits per heavy atom. The largest absolute Gasteiger partial charge is 0.465 e. The van der Waals surface area contributed by atoms with Crippen molar-refractivity contribution in [2.24, 2.45) is 4.99 Å². The summed E-state index contributed by atoms with van der Waals surface area (Å²) < 4.78 is 7.10. The van der Waals surface area contributed by atoms with Crippen molar-refractivity contribution < 1.29 is 19.2 Å². The lowest BCUT2D eigenvalue weighted by Gasteiger charge is -2.05. The number of amides is 1. The van der Waals surface area contributed by atoms with E-state index in [1.807, 2.05) is 17.5 Å². The third-order valence-corrected chi connectivity index (χ3v) is 5.51. The van der Waals surface area contributed by atoms with Crippen LogP contribution in [0.2, 0.25) is 0 Å². The monoisotopic (exact) mass is 405 g/mol. The van der Waals surface area contributed by atoms with Gasteiger partial charge in [-0.15, -0.1) is 11.3 Å². The Hall–Kier alpha value is -2.85. The van der Waals surface area contributed by atoms with Crippen molar-refractivity contribution >= 4 is 50.5 Å². The second-order valence-electron chi connectivity index (χ2n) is 5.45. The van der Waals surface area contributed by atoms with Crippen molar-refractivity contribution in [3.05, 3.63) is 55.5 Å². The summed E-state index contributed by atoms with van der Waals surface area (Å²) >= 11 is 2.58. The molecule has 0 spiro atoms. The van der Waals surface area contributed by atoms with Gasteiger partial charge in [0.25, 0.3) is 11.6 Å². The molecule has 10 heteroatoms.